The third kappa shape index (κ3) is 5.49. The molecule has 0 bridgehead atoms. The molecule has 2 aliphatic rings. The number of hydrogen-bond acceptors (Lipinski definition) is 1. The molecule has 0 aromatic heterocycles. The van der Waals surface area contributed by atoms with Gasteiger partial charge in [-0.1, -0.05) is 226 Å². The Morgan fingerprint density at radius 3 is 1.48 bits per heavy atom. The highest BCUT2D eigenvalue weighted by Gasteiger charge is 2.46. The van der Waals surface area contributed by atoms with Crippen LogP contribution >= 0.6 is 0 Å². The molecular formula is C62H45N. The van der Waals surface area contributed by atoms with Crippen LogP contribution in [0.3, 0.4) is 0 Å². The topological polar surface area (TPSA) is 3.24 Å². The number of nitrogens with zero attached hydrogens (tertiary/aromatic N) is 1. The maximum atomic E-state index is 2.53. The molecule has 10 aromatic rings. The van der Waals surface area contributed by atoms with Gasteiger partial charge >= 0.3 is 0 Å². The van der Waals surface area contributed by atoms with E-state index in [-0.39, 0.29) is 5.41 Å². The maximum Gasteiger partial charge on any atom is 0.0713 e. The second-order valence-electron chi connectivity index (χ2n) is 17.6. The van der Waals surface area contributed by atoms with Crippen LogP contribution in [0.25, 0.3) is 55.3 Å². The van der Waals surface area contributed by atoms with Crippen LogP contribution in [0.5, 0.6) is 0 Å². The minimum absolute atomic E-state index is 0.150. The largest absolute Gasteiger partial charge is 0.309 e. The van der Waals surface area contributed by atoms with E-state index >= 15 is 0 Å². The van der Waals surface area contributed by atoms with Crippen molar-refractivity contribution in [3.8, 4) is 44.5 Å². The molecule has 63 heavy (non-hydrogen) atoms. The summed E-state index contributed by atoms with van der Waals surface area (Å²) in [7, 11) is 0. The molecule has 0 saturated heterocycles. The van der Waals surface area contributed by atoms with Crippen LogP contribution in [-0.2, 0) is 10.8 Å². The third-order valence-corrected chi connectivity index (χ3v) is 14.0. The number of anilines is 3. The van der Waals surface area contributed by atoms with Gasteiger partial charge in [0.05, 0.1) is 16.8 Å². The average molecular weight is 804 g/mol. The van der Waals surface area contributed by atoms with Crippen LogP contribution < -0.4 is 4.90 Å². The van der Waals surface area contributed by atoms with E-state index in [9.17, 15) is 0 Å². The quantitative estimate of drug-likeness (QED) is 0.155. The molecule has 2 aliphatic carbocycles. The summed E-state index contributed by atoms with van der Waals surface area (Å²) in [5.74, 6) is 0. The van der Waals surface area contributed by atoms with Gasteiger partial charge < -0.3 is 4.90 Å². The van der Waals surface area contributed by atoms with Crippen LogP contribution in [0, 0.1) is 0 Å². The number of para-hydroxylation sites is 1. The molecule has 12 rings (SSSR count). The summed E-state index contributed by atoms with van der Waals surface area (Å²) in [6.07, 6.45) is 0. The fourth-order valence-corrected chi connectivity index (χ4v) is 11.2. The minimum atomic E-state index is -0.483. The van der Waals surface area contributed by atoms with Crippen LogP contribution in [0.2, 0.25) is 0 Å². The summed E-state index contributed by atoms with van der Waals surface area (Å²) in [6, 6.07) is 87.8. The molecule has 0 spiro atoms. The summed E-state index contributed by atoms with van der Waals surface area (Å²) in [5, 5.41) is 2.47. The molecule has 0 fully saturated rings. The van der Waals surface area contributed by atoms with Gasteiger partial charge in [0.1, 0.15) is 0 Å². The molecular weight excluding hydrogens is 759 g/mol. The Balaban J connectivity index is 1.12. The Morgan fingerprint density at radius 1 is 0.317 bits per heavy atom. The zero-order chi connectivity index (χ0) is 42.1. The van der Waals surface area contributed by atoms with Crippen molar-refractivity contribution in [1.82, 2.24) is 0 Å². The molecule has 1 nitrogen and oxygen atoms in total. The molecule has 0 radical (unpaired) electrons. The van der Waals surface area contributed by atoms with Crippen molar-refractivity contribution in [2.75, 3.05) is 4.90 Å². The molecule has 298 valence electrons. The van der Waals surface area contributed by atoms with E-state index in [4.69, 9.17) is 0 Å². The summed E-state index contributed by atoms with van der Waals surface area (Å²) in [5.41, 5.74) is 20.6. The standard InChI is InChI=1S/C62H45N/c1-61(2)53-32-13-11-29-52(53)60-56(61)35-19-37-58(60)63(57-36-16-12-28-50(57)51-31-18-23-43-22-17-30-47(59(43)51)42-20-5-3-6-21-42)46-40-38-45(39-41-46)62(44-24-7-4-8-25-44)54-33-14-9-26-48(54)49-27-10-15-34-55(49)62/h3-41H,1-2H3. The summed E-state index contributed by atoms with van der Waals surface area (Å²) >= 11 is 0. The van der Waals surface area contributed by atoms with E-state index in [0.29, 0.717) is 0 Å². The zero-order valence-corrected chi connectivity index (χ0v) is 35.5. The summed E-state index contributed by atoms with van der Waals surface area (Å²) in [4.78, 5) is 2.53. The van der Waals surface area contributed by atoms with Crippen LogP contribution in [0.1, 0.15) is 47.2 Å². The Morgan fingerprint density at radius 2 is 0.794 bits per heavy atom. The molecule has 0 atom stereocenters. The fraction of sp³-hybridized carbons (Fsp3) is 0.0645. The Bertz CT molecular complexity index is 3310. The van der Waals surface area contributed by atoms with Gasteiger partial charge in [0.2, 0.25) is 0 Å². The first-order valence-electron chi connectivity index (χ1n) is 22.1. The lowest BCUT2D eigenvalue weighted by Crippen LogP contribution is -2.28. The minimum Gasteiger partial charge on any atom is -0.309 e. The molecule has 0 amide bonds. The van der Waals surface area contributed by atoms with Gasteiger partial charge in [0, 0.05) is 22.2 Å². The van der Waals surface area contributed by atoms with Gasteiger partial charge in [-0.2, -0.15) is 0 Å². The third-order valence-electron chi connectivity index (χ3n) is 14.0. The van der Waals surface area contributed by atoms with Gasteiger partial charge in [-0.15, -0.1) is 0 Å². The van der Waals surface area contributed by atoms with Crippen molar-refractivity contribution in [2.24, 2.45) is 0 Å². The predicted molar refractivity (Wildman–Crippen MR) is 264 cm³/mol. The van der Waals surface area contributed by atoms with Crippen molar-refractivity contribution in [1.29, 1.82) is 0 Å². The van der Waals surface area contributed by atoms with Gasteiger partial charge in [0.15, 0.2) is 0 Å². The summed E-state index contributed by atoms with van der Waals surface area (Å²) in [6.45, 7) is 4.74. The van der Waals surface area contributed by atoms with Crippen LogP contribution in [-0.4, -0.2) is 0 Å². The lowest BCUT2D eigenvalue weighted by molar-refractivity contribution is 0.660. The summed E-state index contributed by atoms with van der Waals surface area (Å²) < 4.78 is 0. The molecule has 0 saturated carbocycles. The second-order valence-corrected chi connectivity index (χ2v) is 17.6. The Kier molecular flexibility index (Phi) is 8.49. The van der Waals surface area contributed by atoms with Crippen LogP contribution in [0.4, 0.5) is 17.1 Å². The lowest BCUT2D eigenvalue weighted by atomic mass is 9.67. The highest BCUT2D eigenvalue weighted by atomic mass is 15.1. The smallest absolute Gasteiger partial charge is 0.0713 e. The van der Waals surface area contributed by atoms with E-state index in [0.717, 1.165) is 11.4 Å². The maximum absolute atomic E-state index is 2.53. The van der Waals surface area contributed by atoms with E-state index < -0.39 is 5.41 Å². The van der Waals surface area contributed by atoms with Gasteiger partial charge in [-0.25, -0.2) is 0 Å². The van der Waals surface area contributed by atoms with Crippen molar-refractivity contribution >= 4 is 27.8 Å². The lowest BCUT2D eigenvalue weighted by Gasteiger charge is -2.35. The number of rotatable bonds is 7. The van der Waals surface area contributed by atoms with Gasteiger partial charge in [-0.3, -0.25) is 0 Å². The Labute approximate surface area is 370 Å². The highest BCUT2D eigenvalue weighted by Crippen LogP contribution is 2.58. The van der Waals surface area contributed by atoms with Crippen molar-refractivity contribution in [3.05, 3.63) is 270 Å². The monoisotopic (exact) mass is 803 g/mol. The normalized spacial score (nSPS) is 13.8. The highest BCUT2D eigenvalue weighted by molar-refractivity contribution is 6.09. The van der Waals surface area contributed by atoms with E-state index in [2.05, 4.69) is 255 Å². The first-order chi connectivity index (χ1) is 31.0. The second kappa shape index (κ2) is 14.4. The van der Waals surface area contributed by atoms with E-state index in [1.807, 2.05) is 0 Å². The number of fused-ring (bicyclic) bond motifs is 7. The average Bonchev–Trinajstić information content (AvgIpc) is 3.78. The molecule has 0 heterocycles. The first-order valence-corrected chi connectivity index (χ1v) is 22.1. The molecule has 0 aliphatic heterocycles. The van der Waals surface area contributed by atoms with E-state index in [1.165, 1.54) is 94.3 Å². The van der Waals surface area contributed by atoms with Crippen LogP contribution in [0.15, 0.2) is 237 Å². The van der Waals surface area contributed by atoms with Crippen molar-refractivity contribution in [2.45, 2.75) is 24.7 Å². The molecule has 0 N–H and O–H groups in total. The molecule has 1 heteroatoms. The van der Waals surface area contributed by atoms with Gasteiger partial charge in [0.25, 0.3) is 0 Å². The Hall–Kier alpha value is -7.74. The molecule has 10 aromatic carbocycles. The van der Waals surface area contributed by atoms with Crippen molar-refractivity contribution in [3.63, 3.8) is 0 Å². The first kappa shape index (κ1) is 37.1. The van der Waals surface area contributed by atoms with Gasteiger partial charge in [-0.05, 0) is 102 Å². The predicted octanol–water partition coefficient (Wildman–Crippen LogP) is 16.3. The SMILES string of the molecule is CC1(C)c2ccccc2-c2c(N(c3ccc(C4(c5ccccc5)c5ccccc5-c5ccccc54)cc3)c3ccccc3-c3cccc4cccc(-c5ccccc5)c34)cccc21. The number of hydrogen-bond donors (Lipinski definition) is 0. The molecule has 0 unspecified atom stereocenters. The zero-order valence-electron chi connectivity index (χ0n) is 35.5. The van der Waals surface area contributed by atoms with E-state index in [1.54, 1.807) is 0 Å². The number of benzene rings is 10. The fourth-order valence-electron chi connectivity index (χ4n) is 11.2. The van der Waals surface area contributed by atoms with Crippen molar-refractivity contribution < 1.29 is 0 Å².